The smallest absolute Gasteiger partial charge is 0.406 e. The van der Waals surface area contributed by atoms with Crippen LogP contribution in [0.15, 0.2) is 65.0 Å². The lowest BCUT2D eigenvalue weighted by atomic mass is 10.2. The molecule has 0 fully saturated rings. The summed E-state index contributed by atoms with van der Waals surface area (Å²) < 4.78 is 48.7. The molecule has 9 heteroatoms. The zero-order valence-electron chi connectivity index (χ0n) is 16.1. The molecule has 2 aromatic carbocycles. The minimum Gasteiger partial charge on any atom is -0.406 e. The monoisotopic (exact) mass is 437 g/mol. The number of rotatable bonds is 9. The first-order chi connectivity index (χ1) is 14.4. The zero-order valence-corrected chi connectivity index (χ0v) is 17.0. The Morgan fingerprint density at radius 1 is 1.00 bits per heavy atom. The Bertz CT molecular complexity index is 983. The topological polar surface area (TPSA) is 61.8 Å². The van der Waals surface area contributed by atoms with E-state index in [0.29, 0.717) is 32.0 Å². The first kappa shape index (κ1) is 22.1. The highest BCUT2D eigenvalue weighted by Crippen LogP contribution is 2.24. The number of ether oxygens (including phenoxy) is 2. The van der Waals surface area contributed by atoms with Gasteiger partial charge in [-0.1, -0.05) is 30.3 Å². The van der Waals surface area contributed by atoms with Gasteiger partial charge in [0.25, 0.3) is 0 Å². The number of halogens is 3. The van der Waals surface area contributed by atoms with E-state index in [-0.39, 0.29) is 5.75 Å². The summed E-state index contributed by atoms with van der Waals surface area (Å²) in [7, 11) is 0. The molecular formula is C21H22F3N3O2S. The van der Waals surface area contributed by atoms with Crippen molar-refractivity contribution in [3.63, 3.8) is 0 Å². The van der Waals surface area contributed by atoms with E-state index in [4.69, 9.17) is 10.5 Å². The van der Waals surface area contributed by atoms with Crippen molar-refractivity contribution in [3.8, 4) is 5.75 Å². The third-order valence-electron chi connectivity index (χ3n) is 4.12. The highest BCUT2D eigenvalue weighted by atomic mass is 32.1. The Kier molecular flexibility index (Phi) is 7.67. The summed E-state index contributed by atoms with van der Waals surface area (Å²) >= 11 is 1.45. The van der Waals surface area contributed by atoms with Gasteiger partial charge in [-0.2, -0.15) is 0 Å². The standard InChI is InChI=1S/C21H22F3N3O2S/c22-21(23,24)29-19-9-7-17(8-10-19)26-20-27(12-4-11-25)18(15-30-20)14-28-13-16-5-2-1-3-6-16/h1-3,5-10,15H,4,11-14,25H2/b26-20+. The van der Waals surface area contributed by atoms with E-state index in [2.05, 4.69) is 9.73 Å². The molecule has 0 bridgehead atoms. The SMILES string of the molecule is NCCCn1c(COCc2ccccc2)cs/c1=N/c1ccc(OC(F)(F)F)cc1. The molecule has 5 nitrogen and oxygen atoms in total. The van der Waals surface area contributed by atoms with Gasteiger partial charge in [-0.3, -0.25) is 0 Å². The van der Waals surface area contributed by atoms with E-state index in [0.717, 1.165) is 22.5 Å². The van der Waals surface area contributed by atoms with Crippen LogP contribution in [-0.2, 0) is 24.5 Å². The zero-order chi connectivity index (χ0) is 21.4. The Morgan fingerprint density at radius 3 is 2.40 bits per heavy atom. The number of benzene rings is 2. The van der Waals surface area contributed by atoms with Gasteiger partial charge in [-0.25, -0.2) is 4.99 Å². The maximum atomic E-state index is 12.3. The highest BCUT2D eigenvalue weighted by Gasteiger charge is 2.30. The van der Waals surface area contributed by atoms with Crippen LogP contribution in [0.25, 0.3) is 0 Å². The largest absolute Gasteiger partial charge is 0.573 e. The van der Waals surface area contributed by atoms with E-state index in [1.54, 1.807) is 0 Å². The minimum absolute atomic E-state index is 0.279. The summed E-state index contributed by atoms with van der Waals surface area (Å²) in [6.07, 6.45) is -3.94. The van der Waals surface area contributed by atoms with Gasteiger partial charge in [0.1, 0.15) is 5.75 Å². The van der Waals surface area contributed by atoms with Crippen LogP contribution in [0, 0.1) is 0 Å². The summed E-state index contributed by atoms with van der Waals surface area (Å²) in [6.45, 7) is 2.14. The molecule has 0 aliphatic carbocycles. The van der Waals surface area contributed by atoms with Gasteiger partial charge in [0.2, 0.25) is 0 Å². The average molecular weight is 437 g/mol. The fourth-order valence-electron chi connectivity index (χ4n) is 2.74. The van der Waals surface area contributed by atoms with Gasteiger partial charge in [0.15, 0.2) is 4.80 Å². The molecule has 0 amide bonds. The molecule has 0 atom stereocenters. The number of nitrogens with two attached hydrogens (primary N) is 1. The number of nitrogens with zero attached hydrogens (tertiary/aromatic N) is 2. The van der Waals surface area contributed by atoms with Crippen molar-refractivity contribution in [2.24, 2.45) is 10.7 Å². The molecule has 1 aromatic heterocycles. The van der Waals surface area contributed by atoms with Crippen LogP contribution in [0.3, 0.4) is 0 Å². The van der Waals surface area contributed by atoms with Crippen LogP contribution in [0.2, 0.25) is 0 Å². The van der Waals surface area contributed by atoms with Gasteiger partial charge in [0, 0.05) is 11.9 Å². The summed E-state index contributed by atoms with van der Waals surface area (Å²) in [5.74, 6) is -0.279. The normalized spacial score (nSPS) is 12.3. The maximum Gasteiger partial charge on any atom is 0.573 e. The summed E-state index contributed by atoms with van der Waals surface area (Å²) in [4.78, 5) is 5.29. The molecular weight excluding hydrogens is 415 g/mol. The van der Waals surface area contributed by atoms with Crippen LogP contribution in [0.4, 0.5) is 18.9 Å². The molecule has 2 N–H and O–H groups in total. The van der Waals surface area contributed by atoms with Crippen molar-refractivity contribution in [2.45, 2.75) is 32.5 Å². The van der Waals surface area contributed by atoms with Crippen molar-refractivity contribution >= 4 is 17.0 Å². The average Bonchev–Trinajstić information content (AvgIpc) is 3.09. The van der Waals surface area contributed by atoms with Crippen molar-refractivity contribution in [2.75, 3.05) is 6.54 Å². The first-order valence-electron chi connectivity index (χ1n) is 9.34. The summed E-state index contributed by atoms with van der Waals surface area (Å²) in [5.41, 5.74) is 8.26. The van der Waals surface area contributed by atoms with E-state index in [1.165, 1.54) is 35.6 Å². The van der Waals surface area contributed by atoms with Gasteiger partial charge >= 0.3 is 6.36 Å². The number of hydrogen-bond donors (Lipinski definition) is 1. The predicted molar refractivity (Wildman–Crippen MR) is 109 cm³/mol. The minimum atomic E-state index is -4.72. The van der Waals surface area contributed by atoms with Crippen LogP contribution in [0.1, 0.15) is 17.7 Å². The lowest BCUT2D eigenvalue weighted by molar-refractivity contribution is -0.274. The number of alkyl halides is 3. The van der Waals surface area contributed by atoms with Gasteiger partial charge in [-0.05, 0) is 42.8 Å². The van der Waals surface area contributed by atoms with Crippen molar-refractivity contribution in [1.29, 1.82) is 0 Å². The molecule has 0 spiro atoms. The lowest BCUT2D eigenvalue weighted by Gasteiger charge is -2.10. The molecule has 0 unspecified atom stereocenters. The molecule has 3 aromatic rings. The van der Waals surface area contributed by atoms with Gasteiger partial charge in [-0.15, -0.1) is 24.5 Å². The molecule has 0 saturated carbocycles. The predicted octanol–water partition coefficient (Wildman–Crippen LogP) is 4.75. The Labute approximate surface area is 176 Å². The number of aromatic nitrogens is 1. The van der Waals surface area contributed by atoms with E-state index < -0.39 is 6.36 Å². The molecule has 3 rings (SSSR count). The Balaban J connectivity index is 1.75. The van der Waals surface area contributed by atoms with E-state index in [9.17, 15) is 13.2 Å². The quantitative estimate of drug-likeness (QED) is 0.526. The Morgan fingerprint density at radius 2 is 1.73 bits per heavy atom. The number of thiazole rings is 1. The molecule has 0 saturated heterocycles. The maximum absolute atomic E-state index is 12.3. The highest BCUT2D eigenvalue weighted by molar-refractivity contribution is 7.07. The molecule has 160 valence electrons. The molecule has 0 radical (unpaired) electrons. The van der Waals surface area contributed by atoms with Crippen molar-refractivity contribution < 1.29 is 22.6 Å². The van der Waals surface area contributed by atoms with E-state index in [1.807, 2.05) is 40.3 Å². The fourth-order valence-corrected chi connectivity index (χ4v) is 3.67. The second-order valence-corrected chi connectivity index (χ2v) is 7.27. The molecule has 30 heavy (non-hydrogen) atoms. The molecule has 0 aliphatic heterocycles. The van der Waals surface area contributed by atoms with Crippen LogP contribution in [-0.4, -0.2) is 17.5 Å². The third-order valence-corrected chi connectivity index (χ3v) is 5.03. The van der Waals surface area contributed by atoms with Crippen LogP contribution < -0.4 is 15.3 Å². The third kappa shape index (κ3) is 6.72. The molecule has 1 heterocycles. The second kappa shape index (κ2) is 10.4. The lowest BCUT2D eigenvalue weighted by Crippen LogP contribution is -2.20. The van der Waals surface area contributed by atoms with Gasteiger partial charge in [0.05, 0.1) is 24.6 Å². The van der Waals surface area contributed by atoms with Crippen molar-refractivity contribution in [1.82, 2.24) is 4.57 Å². The van der Waals surface area contributed by atoms with E-state index >= 15 is 0 Å². The van der Waals surface area contributed by atoms with Gasteiger partial charge < -0.3 is 19.8 Å². The Hall–Kier alpha value is -2.62. The summed E-state index contributed by atoms with van der Waals surface area (Å²) in [5, 5.41) is 1.97. The molecule has 0 aliphatic rings. The fraction of sp³-hybridized carbons (Fsp3) is 0.286. The van der Waals surface area contributed by atoms with Crippen LogP contribution in [0.5, 0.6) is 5.75 Å². The summed E-state index contributed by atoms with van der Waals surface area (Å²) in [6, 6.07) is 15.4. The van der Waals surface area contributed by atoms with Crippen molar-refractivity contribution in [3.05, 3.63) is 76.0 Å². The first-order valence-corrected chi connectivity index (χ1v) is 10.2. The van der Waals surface area contributed by atoms with Crippen LogP contribution >= 0.6 is 11.3 Å². The second-order valence-electron chi connectivity index (χ2n) is 6.44. The number of hydrogen-bond acceptors (Lipinski definition) is 5.